The van der Waals surface area contributed by atoms with Gasteiger partial charge in [0.05, 0.1) is 33.0 Å². The Balaban J connectivity index is 1.97. The molecule has 2 rings (SSSR count). The van der Waals surface area contributed by atoms with Gasteiger partial charge in [0.1, 0.15) is 5.75 Å². The van der Waals surface area contributed by atoms with Gasteiger partial charge in [0.25, 0.3) is 0 Å². The maximum Gasteiger partial charge on any atom is 0.330 e. The third kappa shape index (κ3) is 10.8. The number of carbonyl (C=O) groups is 1. The van der Waals surface area contributed by atoms with Crippen molar-refractivity contribution in [3.05, 3.63) is 53.6 Å². The average molecular weight is 533 g/mol. The predicted octanol–water partition coefficient (Wildman–Crippen LogP) is 6.85. The van der Waals surface area contributed by atoms with Crippen molar-refractivity contribution in [1.82, 2.24) is 0 Å². The Bertz CT molecular complexity index is 911. The molecule has 0 bridgehead atoms. The summed E-state index contributed by atoms with van der Waals surface area (Å²) in [5, 5.41) is 0.176. The van der Waals surface area contributed by atoms with Crippen molar-refractivity contribution < 1.29 is 28.2 Å². The minimum Gasteiger partial charge on any atom is -0.497 e. The molecule has 1 fully saturated rings. The zero-order valence-electron chi connectivity index (χ0n) is 24.4. The Morgan fingerprint density at radius 1 is 1.08 bits per heavy atom. The summed E-state index contributed by atoms with van der Waals surface area (Å²) in [6, 6.07) is 7.88. The van der Waals surface area contributed by atoms with Crippen LogP contribution < -0.4 is 4.74 Å². The topological polar surface area (TPSA) is 63.2 Å². The van der Waals surface area contributed by atoms with Crippen molar-refractivity contribution in [2.24, 2.45) is 5.41 Å². The quantitative estimate of drug-likeness (QED) is 0.0964. The van der Waals surface area contributed by atoms with Crippen LogP contribution in [0.2, 0.25) is 18.1 Å². The van der Waals surface area contributed by atoms with Crippen LogP contribution in [-0.2, 0) is 30.0 Å². The molecule has 0 aliphatic carbocycles. The molecular weight excluding hydrogens is 484 g/mol. The molecule has 0 N–H and O–H groups in total. The van der Waals surface area contributed by atoms with Gasteiger partial charge in [0, 0.05) is 24.7 Å². The summed E-state index contributed by atoms with van der Waals surface area (Å²) in [6.07, 6.45) is 7.92. The molecule has 1 aliphatic rings. The van der Waals surface area contributed by atoms with E-state index in [-0.39, 0.29) is 28.6 Å². The number of benzene rings is 1. The summed E-state index contributed by atoms with van der Waals surface area (Å²) >= 11 is 0. The second-order valence-corrected chi connectivity index (χ2v) is 16.9. The Morgan fingerprint density at radius 3 is 2.35 bits per heavy atom. The highest BCUT2D eigenvalue weighted by Gasteiger charge is 2.38. The minimum atomic E-state index is -1.82. The van der Waals surface area contributed by atoms with E-state index in [1.54, 1.807) is 13.2 Å². The molecule has 1 aliphatic heterocycles. The van der Waals surface area contributed by atoms with E-state index in [0.29, 0.717) is 32.7 Å². The Hall–Kier alpha value is -1.93. The maximum atomic E-state index is 11.9. The van der Waals surface area contributed by atoms with Crippen LogP contribution in [0.4, 0.5) is 0 Å². The Labute approximate surface area is 225 Å². The largest absolute Gasteiger partial charge is 0.497 e. The van der Waals surface area contributed by atoms with Crippen LogP contribution in [0.1, 0.15) is 59.4 Å². The SMILES string of the molecule is COC(=O)/C=C1/C[C@@H](CCOCc2ccc(OC)cc2)O[C@@H](/C=C/C(C)(C)CO[Si](C)(C)C(C)(C)C)C1. The van der Waals surface area contributed by atoms with Crippen LogP contribution in [0.5, 0.6) is 5.75 Å². The molecular formula is C30H48O6Si. The number of ether oxygens (including phenoxy) is 4. The van der Waals surface area contributed by atoms with E-state index in [0.717, 1.165) is 23.3 Å². The fraction of sp³-hybridized carbons (Fsp3) is 0.633. The normalized spacial score (nSPS) is 20.4. The third-order valence-corrected chi connectivity index (χ3v) is 11.7. The highest BCUT2D eigenvalue weighted by atomic mass is 28.4. The second kappa shape index (κ2) is 13.7. The second-order valence-electron chi connectivity index (χ2n) is 12.1. The van der Waals surface area contributed by atoms with E-state index < -0.39 is 8.32 Å². The molecule has 2 atom stereocenters. The number of hydrogen-bond acceptors (Lipinski definition) is 6. The van der Waals surface area contributed by atoms with E-state index in [1.807, 2.05) is 24.3 Å². The third-order valence-electron chi connectivity index (χ3n) is 7.23. The standard InChI is InChI=1S/C30H48O6Si/c1-29(2,3)37(8,9)35-22-30(4,5)16-14-26-18-24(20-28(31)33-7)19-27(36-26)15-17-34-21-23-10-12-25(32-6)13-11-23/h10-14,16,20,26-27H,15,17-19,21-22H2,1-9H3/b16-14+,24-20+/t26-,27+/m0/s1. The van der Waals surface area contributed by atoms with E-state index in [9.17, 15) is 4.79 Å². The lowest BCUT2D eigenvalue weighted by molar-refractivity contribution is -0.135. The van der Waals surface area contributed by atoms with Gasteiger partial charge in [-0.25, -0.2) is 4.79 Å². The first-order chi connectivity index (χ1) is 17.2. The van der Waals surface area contributed by atoms with Crippen LogP contribution >= 0.6 is 0 Å². The van der Waals surface area contributed by atoms with Crippen LogP contribution in [0, 0.1) is 5.41 Å². The molecule has 0 aromatic heterocycles. The molecule has 1 aromatic carbocycles. The summed E-state index contributed by atoms with van der Waals surface area (Å²) in [5.41, 5.74) is 2.02. The molecule has 6 nitrogen and oxygen atoms in total. The molecule has 208 valence electrons. The molecule has 37 heavy (non-hydrogen) atoms. The first kappa shape index (κ1) is 31.3. The van der Waals surface area contributed by atoms with Gasteiger partial charge in [-0.2, -0.15) is 0 Å². The van der Waals surface area contributed by atoms with Crippen molar-refractivity contribution >= 4 is 14.3 Å². The molecule has 1 aromatic rings. The number of carbonyl (C=O) groups excluding carboxylic acids is 1. The summed E-state index contributed by atoms with van der Waals surface area (Å²) in [4.78, 5) is 11.9. The Morgan fingerprint density at radius 2 is 1.76 bits per heavy atom. The molecule has 0 spiro atoms. The van der Waals surface area contributed by atoms with Crippen molar-refractivity contribution in [2.45, 2.75) is 90.8 Å². The van der Waals surface area contributed by atoms with Gasteiger partial charge in [-0.05, 0) is 55.1 Å². The van der Waals surface area contributed by atoms with Gasteiger partial charge in [0.2, 0.25) is 0 Å². The number of rotatable bonds is 12. The zero-order valence-corrected chi connectivity index (χ0v) is 25.4. The van der Waals surface area contributed by atoms with Gasteiger partial charge in [-0.1, -0.05) is 64.5 Å². The predicted molar refractivity (Wildman–Crippen MR) is 151 cm³/mol. The monoisotopic (exact) mass is 532 g/mol. The summed E-state index contributed by atoms with van der Waals surface area (Å²) < 4.78 is 28.9. The summed E-state index contributed by atoms with van der Waals surface area (Å²) in [7, 11) is 1.24. The van der Waals surface area contributed by atoms with Gasteiger partial charge >= 0.3 is 5.97 Å². The van der Waals surface area contributed by atoms with Crippen molar-refractivity contribution in [3.63, 3.8) is 0 Å². The molecule has 1 heterocycles. The summed E-state index contributed by atoms with van der Waals surface area (Å²) in [6.45, 7) is 17.5. The average Bonchev–Trinajstić information content (AvgIpc) is 2.84. The fourth-order valence-electron chi connectivity index (χ4n) is 3.73. The maximum absolute atomic E-state index is 11.9. The molecule has 7 heteroatoms. The van der Waals surface area contributed by atoms with Crippen LogP contribution in [0.25, 0.3) is 0 Å². The Kier molecular flexibility index (Phi) is 11.6. The number of hydrogen-bond donors (Lipinski definition) is 0. The number of esters is 1. The number of methoxy groups -OCH3 is 2. The van der Waals surface area contributed by atoms with Crippen LogP contribution in [0.15, 0.2) is 48.1 Å². The lowest BCUT2D eigenvalue weighted by atomic mass is 9.91. The van der Waals surface area contributed by atoms with E-state index in [1.165, 1.54) is 7.11 Å². The van der Waals surface area contributed by atoms with Gasteiger partial charge < -0.3 is 23.4 Å². The van der Waals surface area contributed by atoms with Crippen LogP contribution in [0.3, 0.4) is 0 Å². The summed E-state index contributed by atoms with van der Waals surface area (Å²) in [5.74, 6) is 0.510. The van der Waals surface area contributed by atoms with Crippen molar-refractivity contribution in [3.8, 4) is 5.75 Å². The van der Waals surface area contributed by atoms with Gasteiger partial charge in [0.15, 0.2) is 8.32 Å². The lowest BCUT2D eigenvalue weighted by Gasteiger charge is -2.38. The highest BCUT2D eigenvalue weighted by molar-refractivity contribution is 6.74. The molecule has 0 unspecified atom stereocenters. The fourth-order valence-corrected chi connectivity index (χ4v) is 4.90. The van der Waals surface area contributed by atoms with E-state index in [2.05, 4.69) is 59.9 Å². The van der Waals surface area contributed by atoms with Gasteiger partial charge in [-0.15, -0.1) is 0 Å². The highest BCUT2D eigenvalue weighted by Crippen LogP contribution is 2.38. The molecule has 0 radical (unpaired) electrons. The molecule has 0 amide bonds. The van der Waals surface area contributed by atoms with Crippen molar-refractivity contribution in [2.75, 3.05) is 27.4 Å². The molecule has 0 saturated carbocycles. The minimum absolute atomic E-state index is 0.0261. The van der Waals surface area contributed by atoms with Gasteiger partial charge in [-0.3, -0.25) is 0 Å². The first-order valence-electron chi connectivity index (χ1n) is 13.2. The van der Waals surface area contributed by atoms with Crippen LogP contribution in [-0.4, -0.2) is 53.9 Å². The smallest absolute Gasteiger partial charge is 0.330 e. The molecule has 1 saturated heterocycles. The first-order valence-corrected chi connectivity index (χ1v) is 16.1. The van der Waals surface area contributed by atoms with Crippen molar-refractivity contribution in [1.29, 1.82) is 0 Å². The van der Waals surface area contributed by atoms with E-state index >= 15 is 0 Å². The lowest BCUT2D eigenvalue weighted by Crippen LogP contribution is -2.42. The van der Waals surface area contributed by atoms with E-state index in [4.69, 9.17) is 23.4 Å². The zero-order chi connectivity index (χ0) is 27.7.